The Balaban J connectivity index is 1.50. The summed E-state index contributed by atoms with van der Waals surface area (Å²) in [6.45, 7) is 2.27. The number of benzene rings is 1. The highest BCUT2D eigenvalue weighted by molar-refractivity contribution is 6.47. The first-order valence-electron chi connectivity index (χ1n) is 10.7. The van der Waals surface area contributed by atoms with Crippen molar-refractivity contribution >= 4 is 7.12 Å². The Morgan fingerprint density at radius 2 is 1.24 bits per heavy atom. The summed E-state index contributed by atoms with van der Waals surface area (Å²) in [7, 11) is -0.0683. The zero-order chi connectivity index (χ0) is 17.1. The summed E-state index contributed by atoms with van der Waals surface area (Å²) in [5.41, 5.74) is 1.33. The van der Waals surface area contributed by atoms with Gasteiger partial charge in [0.1, 0.15) is 0 Å². The van der Waals surface area contributed by atoms with Crippen LogP contribution in [0, 0.1) is 11.8 Å². The second-order valence-electron chi connectivity index (χ2n) is 8.57. The first kappa shape index (κ1) is 17.6. The topological polar surface area (TPSA) is 18.5 Å². The summed E-state index contributed by atoms with van der Waals surface area (Å²) in [6.07, 6.45) is 14.3. The van der Waals surface area contributed by atoms with Gasteiger partial charge in [0.2, 0.25) is 0 Å². The smallest absolute Gasteiger partial charge is 0.405 e. The van der Waals surface area contributed by atoms with E-state index in [0.717, 1.165) is 0 Å². The molecular formula is C22H33BO2. The van der Waals surface area contributed by atoms with E-state index in [-0.39, 0.29) is 7.12 Å². The van der Waals surface area contributed by atoms with Crippen LogP contribution in [0.3, 0.4) is 0 Å². The van der Waals surface area contributed by atoms with Gasteiger partial charge < -0.3 is 9.31 Å². The van der Waals surface area contributed by atoms with E-state index in [1.807, 2.05) is 0 Å². The van der Waals surface area contributed by atoms with E-state index in [1.165, 1.54) is 69.8 Å². The van der Waals surface area contributed by atoms with Crippen molar-refractivity contribution in [1.29, 1.82) is 0 Å². The van der Waals surface area contributed by atoms with Crippen molar-refractivity contribution in [1.82, 2.24) is 0 Å². The van der Waals surface area contributed by atoms with Gasteiger partial charge in [-0.2, -0.15) is 0 Å². The van der Waals surface area contributed by atoms with Gasteiger partial charge in [-0.1, -0.05) is 75.8 Å². The van der Waals surface area contributed by atoms with Crippen molar-refractivity contribution in [3.63, 3.8) is 0 Å². The molecule has 3 atom stereocenters. The van der Waals surface area contributed by atoms with Crippen LogP contribution in [0.5, 0.6) is 0 Å². The van der Waals surface area contributed by atoms with Crippen LogP contribution in [-0.2, 0) is 9.31 Å². The highest BCUT2D eigenvalue weighted by atomic mass is 16.7. The van der Waals surface area contributed by atoms with Gasteiger partial charge in [-0.3, -0.25) is 0 Å². The molecule has 0 radical (unpaired) electrons. The Morgan fingerprint density at radius 1 is 0.760 bits per heavy atom. The minimum Gasteiger partial charge on any atom is -0.405 e. The zero-order valence-corrected chi connectivity index (χ0v) is 15.7. The normalized spacial score (nSPS) is 30.5. The van der Waals surface area contributed by atoms with Crippen LogP contribution in [0.15, 0.2) is 30.3 Å². The summed E-state index contributed by atoms with van der Waals surface area (Å²) in [6, 6.07) is 10.8. The van der Waals surface area contributed by atoms with E-state index < -0.39 is 0 Å². The minimum atomic E-state index is -0.0683. The molecule has 1 aliphatic heterocycles. The Hall–Kier alpha value is -0.795. The molecule has 1 aromatic rings. The van der Waals surface area contributed by atoms with Crippen LogP contribution in [0.1, 0.15) is 82.5 Å². The molecule has 3 aliphatic rings. The van der Waals surface area contributed by atoms with Crippen LogP contribution >= 0.6 is 0 Å². The van der Waals surface area contributed by atoms with Crippen LogP contribution < -0.4 is 0 Å². The number of rotatable bonds is 4. The quantitative estimate of drug-likeness (QED) is 0.649. The monoisotopic (exact) mass is 340 g/mol. The number of hydrogen-bond donors (Lipinski definition) is 0. The average Bonchev–Trinajstić information content (AvgIpc) is 3.15. The molecule has 1 aromatic carbocycles. The molecular weight excluding hydrogens is 307 g/mol. The molecule has 0 aromatic heterocycles. The zero-order valence-electron chi connectivity index (χ0n) is 15.7. The molecule has 4 rings (SSSR count). The molecule has 0 spiro atoms. The van der Waals surface area contributed by atoms with Gasteiger partial charge in [0, 0.05) is 5.82 Å². The highest BCUT2D eigenvalue weighted by Gasteiger charge is 2.48. The second kappa shape index (κ2) is 8.27. The van der Waals surface area contributed by atoms with E-state index in [4.69, 9.17) is 9.31 Å². The molecule has 1 unspecified atom stereocenters. The molecule has 0 bridgehead atoms. The van der Waals surface area contributed by atoms with Crippen molar-refractivity contribution in [2.75, 3.05) is 0 Å². The van der Waals surface area contributed by atoms with Gasteiger partial charge in [-0.05, 0) is 43.1 Å². The number of hydrogen-bond acceptors (Lipinski definition) is 2. The molecule has 0 N–H and O–H groups in total. The maximum Gasteiger partial charge on any atom is 0.465 e. The van der Waals surface area contributed by atoms with Crippen LogP contribution in [-0.4, -0.2) is 19.3 Å². The molecule has 2 aliphatic carbocycles. The van der Waals surface area contributed by atoms with Crippen LogP contribution in [0.2, 0.25) is 0 Å². The lowest BCUT2D eigenvalue weighted by Gasteiger charge is -2.35. The first-order chi connectivity index (χ1) is 12.3. The van der Waals surface area contributed by atoms with Crippen molar-refractivity contribution in [3.8, 4) is 0 Å². The average molecular weight is 340 g/mol. The largest absolute Gasteiger partial charge is 0.465 e. The third kappa shape index (κ3) is 3.98. The molecule has 3 fully saturated rings. The molecule has 25 heavy (non-hydrogen) atoms. The molecule has 1 saturated heterocycles. The standard InChI is InChI=1S/C22H33BO2/c1-17(18-11-5-2-6-12-18)23-24-21(19-13-7-3-8-14-19)22(25-23)20-15-9-4-10-16-20/h2,5-6,11-12,17,19-22H,3-4,7-10,13-16H2,1H3/t17?,21-,22-/m1/s1. The Bertz CT molecular complexity index is 496. The van der Waals surface area contributed by atoms with Crippen molar-refractivity contribution < 1.29 is 9.31 Å². The van der Waals surface area contributed by atoms with Gasteiger partial charge in [0.05, 0.1) is 12.2 Å². The first-order valence-corrected chi connectivity index (χ1v) is 10.7. The minimum absolute atomic E-state index is 0.0683. The van der Waals surface area contributed by atoms with E-state index in [0.29, 0.717) is 29.9 Å². The van der Waals surface area contributed by atoms with Crippen molar-refractivity contribution in [2.45, 2.75) is 89.2 Å². The van der Waals surface area contributed by atoms with Crippen LogP contribution in [0.4, 0.5) is 0 Å². The van der Waals surface area contributed by atoms with Crippen molar-refractivity contribution in [3.05, 3.63) is 35.9 Å². The lowest BCUT2D eigenvalue weighted by atomic mass is 9.69. The van der Waals surface area contributed by atoms with Gasteiger partial charge in [-0.25, -0.2) is 0 Å². The molecule has 1 heterocycles. The molecule has 2 nitrogen and oxygen atoms in total. The third-order valence-electron chi connectivity index (χ3n) is 6.87. The Kier molecular flexibility index (Phi) is 5.82. The second-order valence-corrected chi connectivity index (χ2v) is 8.57. The molecule has 2 saturated carbocycles. The Labute approximate surface area is 153 Å². The maximum atomic E-state index is 6.66. The van der Waals surface area contributed by atoms with E-state index in [9.17, 15) is 0 Å². The summed E-state index contributed by atoms with van der Waals surface area (Å²) >= 11 is 0. The molecule has 0 amide bonds. The van der Waals surface area contributed by atoms with Gasteiger partial charge in [0.15, 0.2) is 0 Å². The van der Waals surface area contributed by atoms with E-state index >= 15 is 0 Å². The highest BCUT2D eigenvalue weighted by Crippen LogP contribution is 2.42. The van der Waals surface area contributed by atoms with Gasteiger partial charge >= 0.3 is 7.12 Å². The predicted octanol–water partition coefficient (Wildman–Crippen LogP) is 5.76. The van der Waals surface area contributed by atoms with Crippen molar-refractivity contribution in [2.24, 2.45) is 11.8 Å². The van der Waals surface area contributed by atoms with Crippen LogP contribution in [0.25, 0.3) is 0 Å². The van der Waals surface area contributed by atoms with Gasteiger partial charge in [0.25, 0.3) is 0 Å². The van der Waals surface area contributed by atoms with Gasteiger partial charge in [-0.15, -0.1) is 0 Å². The lowest BCUT2D eigenvalue weighted by Crippen LogP contribution is -2.38. The maximum absolute atomic E-state index is 6.66. The lowest BCUT2D eigenvalue weighted by molar-refractivity contribution is 0.0324. The third-order valence-corrected chi connectivity index (χ3v) is 6.87. The van der Waals surface area contributed by atoms with E-state index in [2.05, 4.69) is 37.3 Å². The molecule has 3 heteroatoms. The fraction of sp³-hybridized carbons (Fsp3) is 0.727. The summed E-state index contributed by atoms with van der Waals surface area (Å²) in [5.74, 6) is 1.74. The SMILES string of the molecule is CC(B1O[C@H](C2CCCCC2)[C@@H](C2CCCCC2)O1)c1ccccc1. The summed E-state index contributed by atoms with van der Waals surface area (Å²) in [5, 5.41) is 0. The Morgan fingerprint density at radius 3 is 1.72 bits per heavy atom. The molecule has 136 valence electrons. The van der Waals surface area contributed by atoms with E-state index in [1.54, 1.807) is 0 Å². The fourth-order valence-electron chi connectivity index (χ4n) is 5.33. The summed E-state index contributed by atoms with van der Waals surface area (Å²) in [4.78, 5) is 0. The summed E-state index contributed by atoms with van der Waals surface area (Å²) < 4.78 is 13.3. The predicted molar refractivity (Wildman–Crippen MR) is 104 cm³/mol. The fourth-order valence-corrected chi connectivity index (χ4v) is 5.33.